The summed E-state index contributed by atoms with van der Waals surface area (Å²) in [5.41, 5.74) is 2.25. The molecule has 0 aromatic heterocycles. The fourth-order valence-electron chi connectivity index (χ4n) is 2.21. The van der Waals surface area contributed by atoms with Gasteiger partial charge in [-0.05, 0) is 32.4 Å². The predicted octanol–water partition coefficient (Wildman–Crippen LogP) is 1.93. The van der Waals surface area contributed by atoms with Crippen molar-refractivity contribution in [1.82, 2.24) is 4.90 Å². The van der Waals surface area contributed by atoms with Gasteiger partial charge in [0.05, 0.1) is 13.2 Å². The van der Waals surface area contributed by atoms with Gasteiger partial charge in [0.15, 0.2) is 6.10 Å². The molecule has 1 aromatic rings. The number of ether oxygens (including phenoxy) is 2. The Labute approximate surface area is 114 Å². The molecule has 4 heteroatoms. The number of nitrogens with zero attached hydrogens (tertiary/aromatic N) is 1. The zero-order valence-corrected chi connectivity index (χ0v) is 11.8. The van der Waals surface area contributed by atoms with E-state index in [1.807, 2.05) is 26.0 Å². The van der Waals surface area contributed by atoms with Crippen LogP contribution in [0.15, 0.2) is 18.2 Å². The summed E-state index contributed by atoms with van der Waals surface area (Å²) < 4.78 is 11.0. The van der Waals surface area contributed by atoms with Gasteiger partial charge in [-0.1, -0.05) is 17.7 Å². The van der Waals surface area contributed by atoms with Gasteiger partial charge in [-0.3, -0.25) is 4.79 Å². The van der Waals surface area contributed by atoms with E-state index in [4.69, 9.17) is 9.47 Å². The zero-order chi connectivity index (χ0) is 13.8. The van der Waals surface area contributed by atoms with Crippen molar-refractivity contribution in [2.24, 2.45) is 0 Å². The van der Waals surface area contributed by atoms with Crippen LogP contribution >= 0.6 is 0 Å². The molecule has 4 nitrogen and oxygen atoms in total. The lowest BCUT2D eigenvalue weighted by atomic mass is 10.1. The van der Waals surface area contributed by atoms with Crippen LogP contribution < -0.4 is 4.74 Å². The largest absolute Gasteiger partial charge is 0.481 e. The molecule has 1 heterocycles. The summed E-state index contributed by atoms with van der Waals surface area (Å²) in [6, 6.07) is 5.98. The number of amides is 1. The van der Waals surface area contributed by atoms with E-state index in [9.17, 15) is 4.79 Å². The molecule has 0 bridgehead atoms. The number of carbonyl (C=O) groups is 1. The molecule has 0 saturated carbocycles. The molecule has 1 aliphatic heterocycles. The van der Waals surface area contributed by atoms with Crippen LogP contribution in [0.3, 0.4) is 0 Å². The molecule has 2 rings (SSSR count). The van der Waals surface area contributed by atoms with E-state index in [0.717, 1.165) is 11.3 Å². The van der Waals surface area contributed by atoms with Crippen LogP contribution in [-0.2, 0) is 9.53 Å². The van der Waals surface area contributed by atoms with Crippen LogP contribution in [0.2, 0.25) is 0 Å². The molecular formula is C15H21NO3. The second kappa shape index (κ2) is 6.06. The van der Waals surface area contributed by atoms with E-state index in [1.165, 1.54) is 5.56 Å². The molecule has 1 fully saturated rings. The predicted molar refractivity (Wildman–Crippen MR) is 73.4 cm³/mol. The summed E-state index contributed by atoms with van der Waals surface area (Å²) in [7, 11) is 0. The Morgan fingerprint density at radius 2 is 2.00 bits per heavy atom. The lowest BCUT2D eigenvalue weighted by molar-refractivity contribution is -0.142. The highest BCUT2D eigenvalue weighted by Crippen LogP contribution is 2.20. The first kappa shape index (κ1) is 13.9. The maximum absolute atomic E-state index is 12.2. The monoisotopic (exact) mass is 263 g/mol. The third kappa shape index (κ3) is 3.47. The molecule has 0 spiro atoms. The van der Waals surface area contributed by atoms with Gasteiger partial charge in [-0.15, -0.1) is 0 Å². The Morgan fingerprint density at radius 3 is 2.63 bits per heavy atom. The number of aryl methyl sites for hydroxylation is 2. The highest BCUT2D eigenvalue weighted by molar-refractivity contribution is 5.81. The highest BCUT2D eigenvalue weighted by Gasteiger charge is 2.24. The minimum Gasteiger partial charge on any atom is -0.481 e. The van der Waals surface area contributed by atoms with Crippen LogP contribution in [0.25, 0.3) is 0 Å². The molecule has 0 aliphatic carbocycles. The smallest absolute Gasteiger partial charge is 0.263 e. The minimum absolute atomic E-state index is 0.0308. The Hall–Kier alpha value is -1.55. The van der Waals surface area contributed by atoms with Gasteiger partial charge < -0.3 is 14.4 Å². The van der Waals surface area contributed by atoms with Crippen molar-refractivity contribution in [2.75, 3.05) is 26.3 Å². The average Bonchev–Trinajstić information content (AvgIpc) is 2.42. The molecule has 1 unspecified atom stereocenters. The van der Waals surface area contributed by atoms with Crippen LogP contribution in [0.1, 0.15) is 18.1 Å². The van der Waals surface area contributed by atoms with Crippen LogP contribution in [-0.4, -0.2) is 43.2 Å². The third-order valence-corrected chi connectivity index (χ3v) is 3.30. The highest BCUT2D eigenvalue weighted by atomic mass is 16.5. The summed E-state index contributed by atoms with van der Waals surface area (Å²) in [6.07, 6.45) is -0.459. The number of morpholine rings is 1. The van der Waals surface area contributed by atoms with Crippen molar-refractivity contribution in [3.05, 3.63) is 29.3 Å². The summed E-state index contributed by atoms with van der Waals surface area (Å²) >= 11 is 0. The SMILES string of the molecule is Cc1ccc(OC(C)C(=O)N2CCOCC2)c(C)c1. The first-order valence-corrected chi connectivity index (χ1v) is 6.68. The van der Waals surface area contributed by atoms with Gasteiger partial charge in [-0.2, -0.15) is 0 Å². The molecule has 1 atom stereocenters. The van der Waals surface area contributed by atoms with Crippen LogP contribution in [0, 0.1) is 13.8 Å². The molecule has 1 aliphatic rings. The number of carbonyl (C=O) groups excluding carboxylic acids is 1. The van der Waals surface area contributed by atoms with Crippen LogP contribution in [0.5, 0.6) is 5.75 Å². The summed E-state index contributed by atoms with van der Waals surface area (Å²) in [5, 5.41) is 0. The molecule has 0 N–H and O–H groups in total. The fraction of sp³-hybridized carbons (Fsp3) is 0.533. The number of rotatable bonds is 3. The molecule has 1 amide bonds. The fourth-order valence-corrected chi connectivity index (χ4v) is 2.21. The van der Waals surface area contributed by atoms with Gasteiger partial charge in [0.2, 0.25) is 0 Å². The summed E-state index contributed by atoms with van der Waals surface area (Å²) in [6.45, 7) is 8.37. The number of benzene rings is 1. The average molecular weight is 263 g/mol. The van der Waals surface area contributed by atoms with Gasteiger partial charge in [0.25, 0.3) is 5.91 Å². The molecule has 1 saturated heterocycles. The number of hydrogen-bond acceptors (Lipinski definition) is 3. The molecule has 104 valence electrons. The maximum Gasteiger partial charge on any atom is 0.263 e. The van der Waals surface area contributed by atoms with E-state index < -0.39 is 6.10 Å². The number of hydrogen-bond donors (Lipinski definition) is 0. The van der Waals surface area contributed by atoms with Crippen molar-refractivity contribution in [3.8, 4) is 5.75 Å². The van der Waals surface area contributed by atoms with Crippen molar-refractivity contribution in [3.63, 3.8) is 0 Å². The maximum atomic E-state index is 12.2. The Kier molecular flexibility index (Phi) is 4.43. The third-order valence-electron chi connectivity index (χ3n) is 3.30. The first-order valence-electron chi connectivity index (χ1n) is 6.68. The molecule has 0 radical (unpaired) electrons. The minimum atomic E-state index is -0.459. The topological polar surface area (TPSA) is 38.8 Å². The Bertz CT molecular complexity index is 453. The van der Waals surface area contributed by atoms with E-state index in [-0.39, 0.29) is 5.91 Å². The lowest BCUT2D eigenvalue weighted by Crippen LogP contribution is -2.46. The zero-order valence-electron chi connectivity index (χ0n) is 11.8. The van der Waals surface area contributed by atoms with Crippen LogP contribution in [0.4, 0.5) is 0 Å². The first-order chi connectivity index (χ1) is 9.08. The lowest BCUT2D eigenvalue weighted by Gasteiger charge is -2.29. The normalized spacial score (nSPS) is 17.1. The second-order valence-electron chi connectivity index (χ2n) is 4.97. The molecular weight excluding hydrogens is 242 g/mol. The van der Waals surface area contributed by atoms with Gasteiger partial charge in [-0.25, -0.2) is 0 Å². The van der Waals surface area contributed by atoms with E-state index in [0.29, 0.717) is 26.3 Å². The summed E-state index contributed by atoms with van der Waals surface area (Å²) in [5.74, 6) is 0.808. The van der Waals surface area contributed by atoms with Crippen molar-refractivity contribution in [1.29, 1.82) is 0 Å². The standard InChI is InChI=1S/C15H21NO3/c1-11-4-5-14(12(2)10-11)19-13(3)15(17)16-6-8-18-9-7-16/h4-5,10,13H,6-9H2,1-3H3. The van der Waals surface area contributed by atoms with Gasteiger partial charge >= 0.3 is 0 Å². The van der Waals surface area contributed by atoms with E-state index >= 15 is 0 Å². The molecule has 19 heavy (non-hydrogen) atoms. The summed E-state index contributed by atoms with van der Waals surface area (Å²) in [4.78, 5) is 14.0. The quantitative estimate of drug-likeness (QED) is 0.836. The van der Waals surface area contributed by atoms with E-state index in [2.05, 4.69) is 6.07 Å². The van der Waals surface area contributed by atoms with Gasteiger partial charge in [0.1, 0.15) is 5.75 Å². The van der Waals surface area contributed by atoms with Crippen molar-refractivity contribution >= 4 is 5.91 Å². The Morgan fingerprint density at radius 1 is 1.32 bits per heavy atom. The molecule has 1 aromatic carbocycles. The van der Waals surface area contributed by atoms with Crippen molar-refractivity contribution in [2.45, 2.75) is 26.9 Å². The van der Waals surface area contributed by atoms with Crippen molar-refractivity contribution < 1.29 is 14.3 Å². The Balaban J connectivity index is 1.99. The second-order valence-corrected chi connectivity index (χ2v) is 4.97. The van der Waals surface area contributed by atoms with E-state index in [1.54, 1.807) is 11.8 Å². The van der Waals surface area contributed by atoms with Gasteiger partial charge in [0, 0.05) is 13.1 Å².